The second-order valence-corrected chi connectivity index (χ2v) is 20.7. The van der Waals surface area contributed by atoms with Crippen LogP contribution in [0.25, 0.3) is 99.9 Å². The molecule has 3 aliphatic heterocycles. The number of nitrogens with zero attached hydrogens (tertiary/aromatic N) is 8. The van der Waals surface area contributed by atoms with Crippen LogP contribution in [0.4, 0.5) is 0 Å². The number of fused-ring (bicyclic) bond motifs is 7. The van der Waals surface area contributed by atoms with Crippen LogP contribution in [0.5, 0.6) is 11.5 Å². The van der Waals surface area contributed by atoms with Crippen LogP contribution in [-0.2, 0) is 12.1 Å². The molecular formula is C65H46N12O4. The standard InChI is InChI=1S/C65H46N12O4/c1-4-17-40-39(16-1)34-69-58(40)55-54(45-32-37-14-2-7-20-43(37)71-45)56(59-41-18-5-8-21-44(41)73-75-59)61-60(57(55)62-53(42-19-6-10-23-47(42)79-62)50-33-38-15-3-9-22-46(38)78-50)72-63(64-80-48-24-11-12-25-49(48)81-64)77(61)76-31-30-67-36-65(76,51-26-13-27-70-74-51)52-35-66-28-29-68-52/h1-29,32-33,35,58,64,67,69,71H,30-31,34,36H2,(H,73,75). The van der Waals surface area contributed by atoms with Gasteiger partial charge in [0.15, 0.2) is 17.0 Å². The Kier molecular flexibility index (Phi) is 10.0. The van der Waals surface area contributed by atoms with Crippen LogP contribution < -0.4 is 25.1 Å². The molecule has 0 bridgehead atoms. The van der Waals surface area contributed by atoms with Gasteiger partial charge in [-0.3, -0.25) is 20.1 Å². The van der Waals surface area contributed by atoms with Crippen molar-refractivity contribution < 1.29 is 18.3 Å². The van der Waals surface area contributed by atoms with Gasteiger partial charge in [-0.25, -0.2) is 9.66 Å². The largest absolute Gasteiger partial charge is 0.456 e. The van der Waals surface area contributed by atoms with Crippen molar-refractivity contribution in [1.29, 1.82) is 0 Å². The molecule has 0 radical (unpaired) electrons. The van der Waals surface area contributed by atoms with E-state index in [1.54, 1.807) is 18.6 Å². The van der Waals surface area contributed by atoms with E-state index >= 15 is 0 Å². The second-order valence-electron chi connectivity index (χ2n) is 20.7. The number of aromatic nitrogens is 9. The van der Waals surface area contributed by atoms with Crippen LogP contribution in [0.3, 0.4) is 0 Å². The van der Waals surface area contributed by atoms with E-state index in [0.29, 0.717) is 88.7 Å². The summed E-state index contributed by atoms with van der Waals surface area (Å²) in [6, 6.07) is 57.2. The predicted molar refractivity (Wildman–Crippen MR) is 309 cm³/mol. The maximum Gasteiger partial charge on any atom is 0.302 e. The molecule has 17 rings (SSSR count). The molecule has 14 aromatic rings. The molecule has 7 aromatic heterocycles. The minimum Gasteiger partial charge on any atom is -0.456 e. The molecule has 16 heteroatoms. The topological polar surface area (TPSA) is 186 Å². The highest BCUT2D eigenvalue weighted by molar-refractivity contribution is 6.16. The number of benzene rings is 7. The second kappa shape index (κ2) is 17.8. The van der Waals surface area contributed by atoms with Crippen molar-refractivity contribution in [3.8, 4) is 56.7 Å². The van der Waals surface area contributed by atoms with Gasteiger partial charge in [-0.1, -0.05) is 109 Å². The fraction of sp³-hybridized carbons (Fsp3) is 0.108. The number of furan rings is 2. The quantitative estimate of drug-likeness (QED) is 0.107. The van der Waals surface area contributed by atoms with Crippen LogP contribution in [0.1, 0.15) is 46.2 Å². The minimum absolute atomic E-state index is 0.360. The van der Waals surface area contributed by atoms with Gasteiger partial charge in [-0.15, -0.1) is 0 Å². The molecule has 10 heterocycles. The first-order chi connectivity index (χ1) is 40.2. The van der Waals surface area contributed by atoms with Crippen LogP contribution in [0, 0.1) is 0 Å². The number of para-hydroxylation sites is 6. The summed E-state index contributed by atoms with van der Waals surface area (Å²) in [5.74, 6) is 2.84. The van der Waals surface area contributed by atoms with Crippen molar-refractivity contribution in [2.24, 2.45) is 0 Å². The van der Waals surface area contributed by atoms with E-state index in [4.69, 9.17) is 43.5 Å². The van der Waals surface area contributed by atoms with Crippen LogP contribution in [0.15, 0.2) is 203 Å². The number of piperazine rings is 1. The van der Waals surface area contributed by atoms with E-state index in [1.807, 2.05) is 85.1 Å². The SMILES string of the molecule is c1cnnc(C2(c3cnccn3)CNCCN2n2c(C3Oc4ccccc4O3)nc3c(-c4oc5ccccc5c4-c4cc5ccccc5o4)c(C4NCc5ccccc54)c(-c4cc5ccccc5[nH]4)c(-c4n[nH]c5ccccc45)c32)c1. The molecule has 4 N–H and O–H groups in total. The molecule has 2 unspecified atom stereocenters. The lowest BCUT2D eigenvalue weighted by Gasteiger charge is -2.48. The third-order valence-corrected chi connectivity index (χ3v) is 16.4. The number of H-pyrrole nitrogens is 2. The summed E-state index contributed by atoms with van der Waals surface area (Å²) in [5.41, 5.74) is 12.6. The van der Waals surface area contributed by atoms with Crippen molar-refractivity contribution in [3.63, 3.8) is 0 Å². The fourth-order valence-corrected chi connectivity index (χ4v) is 12.9. The van der Waals surface area contributed by atoms with Crippen LogP contribution >= 0.6 is 0 Å². The van der Waals surface area contributed by atoms with E-state index in [-0.39, 0.29) is 0 Å². The van der Waals surface area contributed by atoms with Crippen molar-refractivity contribution in [2.45, 2.75) is 24.4 Å². The molecule has 16 nitrogen and oxygen atoms in total. The minimum atomic E-state index is -1.18. The summed E-state index contributed by atoms with van der Waals surface area (Å²) < 4.78 is 30.7. The highest BCUT2D eigenvalue weighted by atomic mass is 16.7. The predicted octanol–water partition coefficient (Wildman–Crippen LogP) is 12.3. The lowest BCUT2D eigenvalue weighted by Crippen LogP contribution is -2.65. The summed E-state index contributed by atoms with van der Waals surface area (Å²) in [7, 11) is 0. The van der Waals surface area contributed by atoms with Gasteiger partial charge in [0.05, 0.1) is 40.3 Å². The maximum atomic E-state index is 7.54. The van der Waals surface area contributed by atoms with Crippen molar-refractivity contribution >= 4 is 54.8 Å². The Morgan fingerprint density at radius 1 is 0.642 bits per heavy atom. The summed E-state index contributed by atoms with van der Waals surface area (Å²) in [5, 5.41) is 32.2. The molecule has 2 atom stereocenters. The molecule has 1 fully saturated rings. The van der Waals surface area contributed by atoms with Gasteiger partial charge < -0.3 is 33.9 Å². The van der Waals surface area contributed by atoms with Crippen molar-refractivity contribution in [3.05, 3.63) is 229 Å². The third-order valence-electron chi connectivity index (χ3n) is 16.4. The molecule has 7 aromatic carbocycles. The van der Waals surface area contributed by atoms with Gasteiger partial charge in [0.25, 0.3) is 0 Å². The molecule has 1 saturated heterocycles. The summed E-state index contributed by atoms with van der Waals surface area (Å²) in [4.78, 5) is 19.9. The number of nitrogens with one attached hydrogen (secondary N) is 4. The Labute approximate surface area is 461 Å². The molecule has 0 saturated carbocycles. The molecule has 0 amide bonds. The number of hydrogen-bond acceptors (Lipinski definition) is 13. The van der Waals surface area contributed by atoms with Crippen LogP contribution in [0.2, 0.25) is 0 Å². The maximum absolute atomic E-state index is 7.54. The third kappa shape index (κ3) is 6.84. The summed E-state index contributed by atoms with van der Waals surface area (Å²) >= 11 is 0. The van der Waals surface area contributed by atoms with E-state index in [2.05, 4.69) is 126 Å². The van der Waals surface area contributed by atoms with Gasteiger partial charge in [-0.2, -0.15) is 15.3 Å². The molecule has 390 valence electrons. The normalized spacial score (nSPS) is 17.1. The first-order valence-corrected chi connectivity index (χ1v) is 27.1. The van der Waals surface area contributed by atoms with E-state index in [0.717, 1.165) is 77.2 Å². The Hall–Kier alpha value is -10.4. The zero-order valence-corrected chi connectivity index (χ0v) is 43.2. The van der Waals surface area contributed by atoms with E-state index < -0.39 is 17.9 Å². The van der Waals surface area contributed by atoms with Gasteiger partial charge in [0.2, 0.25) is 5.82 Å². The zero-order chi connectivity index (χ0) is 53.2. The number of imidazole rings is 1. The molecular weight excluding hydrogens is 1010 g/mol. The summed E-state index contributed by atoms with van der Waals surface area (Å²) in [6.07, 6.45) is 5.84. The van der Waals surface area contributed by atoms with Gasteiger partial charge in [0, 0.05) is 88.7 Å². The molecule has 81 heavy (non-hydrogen) atoms. The highest BCUT2D eigenvalue weighted by Crippen LogP contribution is 2.56. The van der Waals surface area contributed by atoms with Gasteiger partial charge in [-0.05, 0) is 77.4 Å². The Balaban J connectivity index is 1.13. The molecule has 0 aliphatic carbocycles. The number of aromatic amines is 2. The lowest BCUT2D eigenvalue weighted by molar-refractivity contribution is 0.0359. The van der Waals surface area contributed by atoms with Crippen molar-refractivity contribution in [1.82, 2.24) is 55.6 Å². The number of ether oxygens (including phenoxy) is 2. The smallest absolute Gasteiger partial charge is 0.302 e. The van der Waals surface area contributed by atoms with Gasteiger partial charge >= 0.3 is 6.29 Å². The first-order valence-electron chi connectivity index (χ1n) is 27.1. The van der Waals surface area contributed by atoms with Crippen LogP contribution in [-0.4, -0.2) is 64.6 Å². The Morgan fingerprint density at radius 2 is 1.42 bits per heavy atom. The Bertz CT molecular complexity index is 4660. The molecule has 3 aliphatic rings. The number of rotatable bonds is 9. The molecule has 0 spiro atoms. The Morgan fingerprint density at radius 3 is 2.25 bits per heavy atom. The average molecular weight is 1060 g/mol. The average Bonchev–Trinajstić information content (AvgIpc) is 4.49. The monoisotopic (exact) mass is 1060 g/mol. The highest BCUT2D eigenvalue weighted by Gasteiger charge is 2.50. The fourth-order valence-electron chi connectivity index (χ4n) is 12.9. The number of hydrogen-bond donors (Lipinski definition) is 4. The van der Waals surface area contributed by atoms with Crippen molar-refractivity contribution in [2.75, 3.05) is 24.6 Å². The van der Waals surface area contributed by atoms with E-state index in [1.165, 1.54) is 5.56 Å². The lowest BCUT2D eigenvalue weighted by atomic mass is 9.82. The summed E-state index contributed by atoms with van der Waals surface area (Å²) in [6.45, 7) is 1.95. The first kappa shape index (κ1) is 45.6. The van der Waals surface area contributed by atoms with Gasteiger partial charge in [0.1, 0.15) is 39.4 Å². The van der Waals surface area contributed by atoms with E-state index in [9.17, 15) is 0 Å². The zero-order valence-electron chi connectivity index (χ0n) is 43.2.